The van der Waals surface area contributed by atoms with Gasteiger partial charge in [-0.2, -0.15) is 20.3 Å². The highest BCUT2D eigenvalue weighted by molar-refractivity contribution is 7.99. The minimum absolute atomic E-state index is 0.0641. The van der Waals surface area contributed by atoms with Crippen molar-refractivity contribution in [1.82, 2.24) is 0 Å². The predicted octanol–water partition coefficient (Wildman–Crippen LogP) is 15.8. The first-order chi connectivity index (χ1) is 31.0. The van der Waals surface area contributed by atoms with Gasteiger partial charge in [0.15, 0.2) is 6.04 Å². The SMILES string of the molecule is CCCCCCCCCCCCCCCCCCC1CC(=O)N(c2cc(N)c(C3=NN(c4c(Cl)cc(Cl)cc4Cl)C(=O)C3N=Nc3ccccc3Sc3ccccc3C)c(Cl)c2)C1=O. The van der Waals surface area contributed by atoms with Crippen LogP contribution in [0.2, 0.25) is 20.1 Å². The Hall–Kier alpha value is -3.93. The molecule has 0 bridgehead atoms. The van der Waals surface area contributed by atoms with E-state index < -0.39 is 17.9 Å². The van der Waals surface area contributed by atoms with Gasteiger partial charge in [0.05, 0.1) is 26.4 Å². The summed E-state index contributed by atoms with van der Waals surface area (Å²) in [5.74, 6) is -1.60. The molecule has 3 amide bonds. The lowest BCUT2D eigenvalue weighted by molar-refractivity contribution is -0.122. The number of hydrogen-bond acceptors (Lipinski definition) is 8. The highest BCUT2D eigenvalue weighted by Gasteiger charge is 2.43. The molecule has 2 atom stereocenters. The van der Waals surface area contributed by atoms with Crippen molar-refractivity contribution in [2.75, 3.05) is 15.6 Å². The molecule has 0 radical (unpaired) electrons. The standard InChI is InChI=1S/C50H58Cl4N6O3S/c1-3-4-5-6-7-8-9-10-11-12-13-14-15-16-17-18-24-34-28-44(61)59(49(34)62)36-31-37(52)45(40(55)32-36)46-47(50(63)60(58-46)48-38(53)29-35(51)30-39(48)54)57-56-41-25-20-22-27-43(41)64-42-26-21-19-23-33(42)2/h19-23,25-27,29-32,34,47H,3-18,24,28,55H2,1-2H3. The Bertz CT molecular complexity index is 2290. The van der Waals surface area contributed by atoms with Crippen molar-refractivity contribution in [3.05, 3.63) is 104 Å². The Balaban J connectivity index is 1.11. The third kappa shape index (κ3) is 12.9. The maximum Gasteiger partial charge on any atom is 0.280 e. The average molecular weight is 965 g/mol. The molecule has 2 N–H and O–H groups in total. The fourth-order valence-electron chi connectivity index (χ4n) is 8.31. The van der Waals surface area contributed by atoms with Crippen molar-refractivity contribution in [1.29, 1.82) is 0 Å². The Morgan fingerprint density at radius 1 is 0.703 bits per heavy atom. The van der Waals surface area contributed by atoms with Gasteiger partial charge in [-0.25, -0.2) is 0 Å². The van der Waals surface area contributed by atoms with E-state index in [-0.39, 0.29) is 66.7 Å². The number of nitrogens with two attached hydrogens (primary N) is 1. The number of rotatable bonds is 24. The van der Waals surface area contributed by atoms with Crippen LogP contribution in [0.4, 0.5) is 22.7 Å². The molecular weight excluding hydrogens is 906 g/mol. The highest BCUT2D eigenvalue weighted by Crippen LogP contribution is 2.43. The van der Waals surface area contributed by atoms with Crippen LogP contribution in [-0.4, -0.2) is 29.5 Å². The van der Waals surface area contributed by atoms with Crippen LogP contribution in [0.5, 0.6) is 0 Å². The van der Waals surface area contributed by atoms with Crippen molar-refractivity contribution in [3.63, 3.8) is 0 Å². The van der Waals surface area contributed by atoms with E-state index in [0.29, 0.717) is 12.1 Å². The van der Waals surface area contributed by atoms with Crippen LogP contribution >= 0.6 is 58.2 Å². The number of aryl methyl sites for hydroxylation is 1. The molecule has 1 fully saturated rings. The third-order valence-electron chi connectivity index (χ3n) is 11.8. The molecule has 4 aromatic carbocycles. The van der Waals surface area contributed by atoms with Gasteiger partial charge in [0, 0.05) is 38.4 Å². The molecule has 1 saturated heterocycles. The first-order valence-corrected chi connectivity index (χ1v) is 25.1. The number of anilines is 3. The molecule has 0 aromatic heterocycles. The fourth-order valence-corrected chi connectivity index (χ4v) is 10.6. The van der Waals surface area contributed by atoms with Gasteiger partial charge in [-0.05, 0) is 61.4 Å². The van der Waals surface area contributed by atoms with E-state index in [1.54, 1.807) is 6.07 Å². The molecule has 9 nitrogen and oxygen atoms in total. The van der Waals surface area contributed by atoms with E-state index in [1.165, 1.54) is 124 Å². The van der Waals surface area contributed by atoms with Gasteiger partial charge in [0.1, 0.15) is 11.4 Å². The summed E-state index contributed by atoms with van der Waals surface area (Å²) in [7, 11) is 0. The number of carbonyl (C=O) groups is 3. The smallest absolute Gasteiger partial charge is 0.280 e. The van der Waals surface area contributed by atoms with E-state index in [0.717, 1.165) is 39.6 Å². The zero-order chi connectivity index (χ0) is 45.6. The molecule has 2 unspecified atom stereocenters. The lowest BCUT2D eigenvalue weighted by Crippen LogP contribution is -2.32. The lowest BCUT2D eigenvalue weighted by atomic mass is 9.98. The van der Waals surface area contributed by atoms with E-state index in [2.05, 4.69) is 22.3 Å². The van der Waals surface area contributed by atoms with Crippen LogP contribution in [0.15, 0.2) is 97.9 Å². The number of hydrogen-bond donors (Lipinski definition) is 1. The molecule has 4 aromatic rings. The summed E-state index contributed by atoms with van der Waals surface area (Å²) >= 11 is 27.9. The zero-order valence-electron chi connectivity index (χ0n) is 36.8. The second kappa shape index (κ2) is 24.6. The summed E-state index contributed by atoms with van der Waals surface area (Å²) in [6.07, 6.45) is 21.1. The Labute approximate surface area is 402 Å². The summed E-state index contributed by atoms with van der Waals surface area (Å²) in [5.41, 5.74) is 9.04. The van der Waals surface area contributed by atoms with Gasteiger partial charge in [0.25, 0.3) is 5.91 Å². The minimum atomic E-state index is -1.33. The zero-order valence-corrected chi connectivity index (χ0v) is 40.6. The largest absolute Gasteiger partial charge is 0.398 e. The van der Waals surface area contributed by atoms with Gasteiger partial charge in [-0.15, -0.1) is 0 Å². The molecule has 14 heteroatoms. The van der Waals surface area contributed by atoms with Crippen LogP contribution in [-0.2, 0) is 14.4 Å². The van der Waals surface area contributed by atoms with E-state index >= 15 is 0 Å². The average Bonchev–Trinajstić information content (AvgIpc) is 3.72. The number of carbonyl (C=O) groups excluding carboxylic acids is 3. The molecule has 2 aliphatic heterocycles. The Morgan fingerprint density at radius 2 is 1.27 bits per heavy atom. The molecule has 64 heavy (non-hydrogen) atoms. The number of amides is 3. The van der Waals surface area contributed by atoms with Gasteiger partial charge in [-0.3, -0.25) is 19.3 Å². The van der Waals surface area contributed by atoms with Crippen LogP contribution in [0, 0.1) is 12.8 Å². The van der Waals surface area contributed by atoms with Crippen molar-refractivity contribution < 1.29 is 14.4 Å². The molecule has 0 spiro atoms. The number of hydrazone groups is 1. The van der Waals surface area contributed by atoms with Crippen molar-refractivity contribution in [3.8, 4) is 0 Å². The van der Waals surface area contributed by atoms with Crippen LogP contribution in [0.1, 0.15) is 134 Å². The van der Waals surface area contributed by atoms with Crippen LogP contribution in [0.3, 0.4) is 0 Å². The van der Waals surface area contributed by atoms with Gasteiger partial charge in [-0.1, -0.05) is 198 Å². The van der Waals surface area contributed by atoms with E-state index in [4.69, 9.17) is 52.1 Å². The molecule has 0 saturated carbocycles. The van der Waals surface area contributed by atoms with Gasteiger partial charge >= 0.3 is 0 Å². The molecule has 2 heterocycles. The number of imide groups is 1. The van der Waals surface area contributed by atoms with Crippen molar-refractivity contribution >= 4 is 104 Å². The van der Waals surface area contributed by atoms with Crippen molar-refractivity contribution in [2.45, 2.75) is 145 Å². The summed E-state index contributed by atoms with van der Waals surface area (Å²) < 4.78 is 0. The summed E-state index contributed by atoms with van der Waals surface area (Å²) in [6.45, 7) is 4.29. The minimum Gasteiger partial charge on any atom is -0.398 e. The number of nitrogen functional groups attached to an aromatic ring is 1. The fraction of sp³-hybridized carbons (Fsp3) is 0.440. The molecular formula is C50H58Cl4N6O3S. The Kier molecular flexibility index (Phi) is 19.0. The third-order valence-corrected chi connectivity index (χ3v) is 14.2. The van der Waals surface area contributed by atoms with Crippen LogP contribution < -0.4 is 15.6 Å². The summed E-state index contributed by atoms with van der Waals surface area (Å²) in [5, 5.41) is 15.3. The van der Waals surface area contributed by atoms with Gasteiger partial charge in [0.2, 0.25) is 11.8 Å². The number of nitrogens with zero attached hydrogens (tertiary/aromatic N) is 5. The summed E-state index contributed by atoms with van der Waals surface area (Å²) in [6, 6.07) is 20.1. The molecule has 6 rings (SSSR count). The van der Waals surface area contributed by atoms with Gasteiger partial charge < -0.3 is 5.73 Å². The predicted molar refractivity (Wildman–Crippen MR) is 266 cm³/mol. The monoisotopic (exact) mass is 962 g/mol. The lowest BCUT2D eigenvalue weighted by Gasteiger charge is -2.18. The number of benzene rings is 4. The van der Waals surface area contributed by atoms with Crippen LogP contribution in [0.25, 0.3) is 0 Å². The van der Waals surface area contributed by atoms with E-state index in [1.807, 2.05) is 49.4 Å². The first-order valence-electron chi connectivity index (χ1n) is 22.7. The topological polar surface area (TPSA) is 121 Å². The normalized spacial score (nSPS) is 16.5. The number of halogens is 4. The molecule has 0 aliphatic carbocycles. The second-order valence-corrected chi connectivity index (χ2v) is 19.5. The van der Waals surface area contributed by atoms with Crippen molar-refractivity contribution in [2.24, 2.45) is 21.2 Å². The Morgan fingerprint density at radius 3 is 1.86 bits per heavy atom. The second-order valence-electron chi connectivity index (χ2n) is 16.8. The highest BCUT2D eigenvalue weighted by atomic mass is 35.5. The number of unbranched alkanes of at least 4 members (excludes halogenated alkanes) is 15. The van der Waals surface area contributed by atoms with E-state index in [9.17, 15) is 14.4 Å². The molecule has 2 aliphatic rings. The quantitative estimate of drug-likeness (QED) is 0.0324. The first kappa shape index (κ1) is 49.5. The maximum atomic E-state index is 14.3. The summed E-state index contributed by atoms with van der Waals surface area (Å²) in [4.78, 5) is 44.5. The maximum absolute atomic E-state index is 14.3. The molecule has 340 valence electrons. The number of azo groups is 1.